The number of rotatable bonds is 41. The summed E-state index contributed by atoms with van der Waals surface area (Å²) in [5.41, 5.74) is 0. The molecule has 15 heteroatoms. The molecule has 0 aliphatic carbocycles. The van der Waals surface area contributed by atoms with E-state index in [-0.39, 0.29) is 19.4 Å². The Morgan fingerprint density at radius 1 is 0.465 bits per heavy atom. The number of ether oxygens (including phenoxy) is 6. The second kappa shape index (κ2) is 42.3. The van der Waals surface area contributed by atoms with Gasteiger partial charge in [-0.3, -0.25) is 9.59 Å². The number of carbonyl (C=O) groups is 2. The Balaban J connectivity index is 1.82. The average Bonchev–Trinajstić information content (AvgIpc) is 3.36. The molecule has 2 fully saturated rings. The summed E-state index contributed by atoms with van der Waals surface area (Å²) in [4.78, 5) is 25.8. The zero-order valence-electron chi connectivity index (χ0n) is 43.2. The number of hydrogen-bond donors (Lipinski definition) is 7. The third kappa shape index (κ3) is 30.0. The standard InChI is InChI=1S/C56H94O15/c1-3-5-7-9-11-13-15-17-19-21-22-23-25-27-29-31-33-35-37-39-48(59)69-44(41-66-47(58)38-36-34-32-30-28-26-24-20-18-16-14-12-10-8-6-4-2)42-67-55-54(65)52(63)50(61)46(71-55)43-68-56-53(64)51(62)49(60)45(40-57)70-56/h5,7,11,13,17,19-20,22-24,27,29,44-46,49-57,60-65H,3-4,6,8-10,12,14-16,18,21,25-26,28,30-43H2,1-2H3/b7-5-,13-11-,19-17-,23-22-,24-20-,29-27-. The lowest BCUT2D eigenvalue weighted by atomic mass is 9.98. The topological polar surface area (TPSA) is 231 Å². The zero-order valence-corrected chi connectivity index (χ0v) is 43.2. The van der Waals surface area contributed by atoms with Crippen molar-refractivity contribution < 1.29 is 73.8 Å². The Morgan fingerprint density at radius 3 is 1.42 bits per heavy atom. The second-order valence-corrected chi connectivity index (χ2v) is 18.7. The predicted octanol–water partition coefficient (Wildman–Crippen LogP) is 8.21. The lowest BCUT2D eigenvalue weighted by molar-refractivity contribution is -0.332. The maximum Gasteiger partial charge on any atom is 0.306 e. The van der Waals surface area contributed by atoms with Crippen molar-refractivity contribution in [2.24, 2.45) is 0 Å². The molecule has 0 aromatic heterocycles. The predicted molar refractivity (Wildman–Crippen MR) is 275 cm³/mol. The van der Waals surface area contributed by atoms with Gasteiger partial charge in [-0.1, -0.05) is 151 Å². The van der Waals surface area contributed by atoms with E-state index in [9.17, 15) is 45.3 Å². The van der Waals surface area contributed by atoms with E-state index in [0.29, 0.717) is 12.8 Å². The van der Waals surface area contributed by atoms with Crippen LogP contribution >= 0.6 is 0 Å². The fourth-order valence-corrected chi connectivity index (χ4v) is 8.00. The summed E-state index contributed by atoms with van der Waals surface area (Å²) >= 11 is 0. The number of allylic oxidation sites excluding steroid dienone is 12. The molecule has 0 radical (unpaired) electrons. The lowest BCUT2D eigenvalue weighted by Crippen LogP contribution is -2.61. The van der Waals surface area contributed by atoms with Gasteiger partial charge in [0.25, 0.3) is 0 Å². The summed E-state index contributed by atoms with van der Waals surface area (Å²) in [5, 5.41) is 72.2. The number of unbranched alkanes of at least 4 members (excludes halogenated alkanes) is 15. The van der Waals surface area contributed by atoms with Crippen LogP contribution < -0.4 is 0 Å². The first-order valence-corrected chi connectivity index (χ1v) is 27.0. The highest BCUT2D eigenvalue weighted by Crippen LogP contribution is 2.26. The molecule has 2 saturated heterocycles. The van der Waals surface area contributed by atoms with Gasteiger partial charge >= 0.3 is 11.9 Å². The molecule has 7 N–H and O–H groups in total. The molecule has 15 nitrogen and oxygen atoms in total. The van der Waals surface area contributed by atoms with Crippen LogP contribution in [-0.4, -0.2) is 142 Å². The zero-order chi connectivity index (χ0) is 51.7. The van der Waals surface area contributed by atoms with Gasteiger partial charge in [0.15, 0.2) is 18.7 Å². The van der Waals surface area contributed by atoms with Crippen molar-refractivity contribution in [1.29, 1.82) is 0 Å². The second-order valence-electron chi connectivity index (χ2n) is 18.7. The minimum atomic E-state index is -1.78. The molecule has 2 aliphatic heterocycles. The maximum atomic E-state index is 13.0. The van der Waals surface area contributed by atoms with Crippen molar-refractivity contribution in [1.82, 2.24) is 0 Å². The lowest BCUT2D eigenvalue weighted by Gasteiger charge is -2.42. The SMILES string of the molecule is CC/C=C\C/C=C\C/C=C\C/C=C\C/C=C\CCCCCC(=O)OC(COC(=O)CCCCCCC/C=C\CCCCCCCCC)COC1OC(COC2OC(CO)C(O)C(O)C2O)C(O)C(O)C1O. The summed E-state index contributed by atoms with van der Waals surface area (Å²) in [6.07, 6.45) is 33.5. The van der Waals surface area contributed by atoms with Gasteiger partial charge in [-0.25, -0.2) is 0 Å². The quantitative estimate of drug-likeness (QED) is 0.0174. The molecular weight excluding hydrogens is 913 g/mol. The van der Waals surface area contributed by atoms with Gasteiger partial charge in [0.2, 0.25) is 0 Å². The number of aliphatic hydroxyl groups is 7. The van der Waals surface area contributed by atoms with Gasteiger partial charge in [0.1, 0.15) is 55.4 Å². The van der Waals surface area contributed by atoms with Crippen LogP contribution in [0.25, 0.3) is 0 Å². The normalized spacial score (nSPS) is 25.8. The van der Waals surface area contributed by atoms with E-state index in [1.54, 1.807) is 0 Å². The molecule has 408 valence electrons. The highest BCUT2D eigenvalue weighted by atomic mass is 16.7. The fraction of sp³-hybridized carbons (Fsp3) is 0.750. The van der Waals surface area contributed by atoms with Crippen LogP contribution in [-0.2, 0) is 38.0 Å². The van der Waals surface area contributed by atoms with Gasteiger partial charge in [-0.15, -0.1) is 0 Å². The monoisotopic (exact) mass is 1010 g/mol. The number of hydrogen-bond acceptors (Lipinski definition) is 15. The minimum absolute atomic E-state index is 0.121. The summed E-state index contributed by atoms with van der Waals surface area (Å²) in [6.45, 7) is 2.43. The van der Waals surface area contributed by atoms with Gasteiger partial charge < -0.3 is 64.2 Å². The van der Waals surface area contributed by atoms with Crippen molar-refractivity contribution in [3.05, 3.63) is 72.9 Å². The van der Waals surface area contributed by atoms with Gasteiger partial charge in [0.05, 0.1) is 19.8 Å². The molecule has 11 unspecified atom stereocenters. The number of carbonyl (C=O) groups excluding carboxylic acids is 2. The Morgan fingerprint density at radius 2 is 0.887 bits per heavy atom. The van der Waals surface area contributed by atoms with Crippen LogP contribution in [0.2, 0.25) is 0 Å². The Labute approximate surface area is 425 Å². The van der Waals surface area contributed by atoms with E-state index in [2.05, 4.69) is 86.8 Å². The van der Waals surface area contributed by atoms with Crippen LogP contribution in [0.5, 0.6) is 0 Å². The molecule has 11 atom stereocenters. The molecule has 0 amide bonds. The van der Waals surface area contributed by atoms with Crippen LogP contribution in [0.1, 0.15) is 174 Å². The molecule has 0 aromatic carbocycles. The van der Waals surface area contributed by atoms with Crippen LogP contribution in [0.4, 0.5) is 0 Å². The van der Waals surface area contributed by atoms with E-state index < -0.39 is 99.3 Å². The number of esters is 2. The molecule has 0 aromatic rings. The Kier molecular flexibility index (Phi) is 38.2. The molecule has 2 heterocycles. The van der Waals surface area contributed by atoms with Crippen molar-refractivity contribution in [2.75, 3.05) is 26.4 Å². The van der Waals surface area contributed by atoms with Crippen LogP contribution in [0, 0.1) is 0 Å². The Bertz CT molecular complexity index is 1510. The van der Waals surface area contributed by atoms with Crippen LogP contribution in [0.15, 0.2) is 72.9 Å². The molecule has 0 spiro atoms. The van der Waals surface area contributed by atoms with E-state index in [1.165, 1.54) is 44.9 Å². The molecule has 71 heavy (non-hydrogen) atoms. The van der Waals surface area contributed by atoms with E-state index in [1.807, 2.05) is 0 Å². The highest BCUT2D eigenvalue weighted by Gasteiger charge is 2.47. The highest BCUT2D eigenvalue weighted by molar-refractivity contribution is 5.70. The number of aliphatic hydroxyl groups excluding tert-OH is 7. The molecule has 0 saturated carbocycles. The Hall–Kier alpha value is -3.06. The first-order valence-electron chi connectivity index (χ1n) is 27.0. The summed E-state index contributed by atoms with van der Waals surface area (Å²) in [7, 11) is 0. The molecular formula is C56H94O15. The summed E-state index contributed by atoms with van der Waals surface area (Å²) in [5.74, 6) is -0.976. The smallest absolute Gasteiger partial charge is 0.306 e. The molecule has 2 rings (SSSR count). The van der Waals surface area contributed by atoms with Crippen LogP contribution in [0.3, 0.4) is 0 Å². The first-order chi connectivity index (χ1) is 34.5. The minimum Gasteiger partial charge on any atom is -0.462 e. The van der Waals surface area contributed by atoms with Gasteiger partial charge in [-0.05, 0) is 83.5 Å². The van der Waals surface area contributed by atoms with E-state index >= 15 is 0 Å². The fourth-order valence-electron chi connectivity index (χ4n) is 8.00. The van der Waals surface area contributed by atoms with Gasteiger partial charge in [0, 0.05) is 12.8 Å². The first kappa shape index (κ1) is 64.1. The van der Waals surface area contributed by atoms with E-state index in [0.717, 1.165) is 89.9 Å². The summed E-state index contributed by atoms with van der Waals surface area (Å²) in [6, 6.07) is 0. The van der Waals surface area contributed by atoms with Crippen molar-refractivity contribution >= 4 is 11.9 Å². The summed E-state index contributed by atoms with van der Waals surface area (Å²) < 4.78 is 33.6. The molecule has 0 bridgehead atoms. The van der Waals surface area contributed by atoms with Crippen molar-refractivity contribution in [3.8, 4) is 0 Å². The van der Waals surface area contributed by atoms with E-state index in [4.69, 9.17) is 28.4 Å². The third-order valence-corrected chi connectivity index (χ3v) is 12.4. The van der Waals surface area contributed by atoms with Gasteiger partial charge in [-0.2, -0.15) is 0 Å². The largest absolute Gasteiger partial charge is 0.462 e. The van der Waals surface area contributed by atoms with Crippen molar-refractivity contribution in [2.45, 2.75) is 242 Å². The third-order valence-electron chi connectivity index (χ3n) is 12.4. The average molecular weight is 1010 g/mol. The van der Waals surface area contributed by atoms with Crippen molar-refractivity contribution in [3.63, 3.8) is 0 Å². The molecule has 2 aliphatic rings. The maximum absolute atomic E-state index is 13.0.